The first kappa shape index (κ1) is 13.5. The van der Waals surface area contributed by atoms with Gasteiger partial charge in [-0.25, -0.2) is 0 Å². The summed E-state index contributed by atoms with van der Waals surface area (Å²) in [5.74, 6) is -0.397. The van der Waals surface area contributed by atoms with E-state index in [-0.39, 0.29) is 12.0 Å². The smallest absolute Gasteiger partial charge is 0.323 e. The van der Waals surface area contributed by atoms with E-state index in [9.17, 15) is 9.90 Å². The van der Waals surface area contributed by atoms with Crippen LogP contribution in [0.1, 0.15) is 40.0 Å². The number of carboxylic acids is 1. The minimum atomic E-state index is -0.857. The molecular weight excluding hydrogens is 206 g/mol. The third-order valence-electron chi connectivity index (χ3n) is 3.36. The van der Waals surface area contributed by atoms with E-state index >= 15 is 0 Å². The van der Waals surface area contributed by atoms with Gasteiger partial charge in [0.05, 0.1) is 6.61 Å². The van der Waals surface area contributed by atoms with Crippen LogP contribution < -0.4 is 5.32 Å². The quantitative estimate of drug-likeness (QED) is 0.678. The lowest BCUT2D eigenvalue weighted by atomic mass is 9.64. The zero-order chi connectivity index (χ0) is 12.4. The van der Waals surface area contributed by atoms with Crippen molar-refractivity contribution in [1.82, 2.24) is 5.32 Å². The molecule has 0 aromatic heterocycles. The highest BCUT2D eigenvalue weighted by atomic mass is 16.4. The SMILES string of the molecule is CC1CC(C)(C)CC(NCCO)(C(=O)O)C1. The fraction of sp³-hybridized carbons (Fsp3) is 0.917. The number of hydrogen-bond donors (Lipinski definition) is 3. The second kappa shape index (κ2) is 4.72. The van der Waals surface area contributed by atoms with Gasteiger partial charge in [-0.3, -0.25) is 10.1 Å². The zero-order valence-electron chi connectivity index (χ0n) is 10.4. The van der Waals surface area contributed by atoms with Gasteiger partial charge in [-0.05, 0) is 30.6 Å². The summed E-state index contributed by atoms with van der Waals surface area (Å²) in [6.45, 7) is 6.64. The first-order valence-electron chi connectivity index (χ1n) is 5.91. The van der Waals surface area contributed by atoms with E-state index < -0.39 is 11.5 Å². The van der Waals surface area contributed by atoms with E-state index in [4.69, 9.17) is 5.11 Å². The van der Waals surface area contributed by atoms with Gasteiger partial charge in [-0.15, -0.1) is 0 Å². The van der Waals surface area contributed by atoms with Gasteiger partial charge < -0.3 is 10.2 Å². The van der Waals surface area contributed by atoms with E-state index in [0.717, 1.165) is 6.42 Å². The van der Waals surface area contributed by atoms with Gasteiger partial charge in [0.25, 0.3) is 0 Å². The topological polar surface area (TPSA) is 69.6 Å². The summed E-state index contributed by atoms with van der Waals surface area (Å²) in [4.78, 5) is 11.5. The van der Waals surface area contributed by atoms with Crippen LogP contribution in [0.4, 0.5) is 0 Å². The molecule has 4 heteroatoms. The van der Waals surface area contributed by atoms with Crippen molar-refractivity contribution in [1.29, 1.82) is 0 Å². The molecule has 1 saturated carbocycles. The number of hydrogen-bond acceptors (Lipinski definition) is 3. The van der Waals surface area contributed by atoms with E-state index in [2.05, 4.69) is 26.1 Å². The number of carboxylic acid groups (broad SMARTS) is 1. The molecule has 0 spiro atoms. The summed E-state index contributed by atoms with van der Waals surface area (Å²) in [5.41, 5.74) is -0.817. The molecule has 0 heterocycles. The number of rotatable bonds is 4. The Kier molecular flexibility index (Phi) is 3.97. The fourth-order valence-corrected chi connectivity index (χ4v) is 3.24. The van der Waals surface area contributed by atoms with Crippen LogP contribution in [-0.4, -0.2) is 34.9 Å². The van der Waals surface area contributed by atoms with Crippen molar-refractivity contribution in [2.75, 3.05) is 13.2 Å². The molecular formula is C12H23NO3. The standard InChI is InChI=1S/C12H23NO3/c1-9-6-11(2,3)8-12(7-9,10(15)16)13-4-5-14/h9,13-14H,4-8H2,1-3H3,(H,15,16). The summed E-state index contributed by atoms with van der Waals surface area (Å²) >= 11 is 0. The van der Waals surface area contributed by atoms with E-state index in [1.54, 1.807) is 0 Å². The second-order valence-electron chi connectivity index (χ2n) is 5.89. The third kappa shape index (κ3) is 2.95. The summed E-state index contributed by atoms with van der Waals surface area (Å²) in [6, 6.07) is 0. The lowest BCUT2D eigenvalue weighted by Crippen LogP contribution is -2.58. The molecule has 2 atom stereocenters. The molecule has 0 aromatic carbocycles. The Morgan fingerprint density at radius 3 is 2.50 bits per heavy atom. The van der Waals surface area contributed by atoms with E-state index in [1.165, 1.54) is 0 Å². The Balaban J connectivity index is 2.87. The molecule has 0 aromatic rings. The van der Waals surface area contributed by atoms with E-state index in [0.29, 0.717) is 25.3 Å². The predicted molar refractivity (Wildman–Crippen MR) is 62.3 cm³/mol. The van der Waals surface area contributed by atoms with Gasteiger partial charge in [0, 0.05) is 6.54 Å². The first-order valence-corrected chi connectivity index (χ1v) is 5.91. The molecule has 1 aliphatic carbocycles. The van der Waals surface area contributed by atoms with Crippen molar-refractivity contribution in [2.24, 2.45) is 11.3 Å². The van der Waals surface area contributed by atoms with E-state index in [1.807, 2.05) is 0 Å². The Bertz CT molecular complexity index is 265. The largest absolute Gasteiger partial charge is 0.480 e. The highest BCUT2D eigenvalue weighted by Gasteiger charge is 2.47. The molecule has 3 N–H and O–H groups in total. The molecule has 0 saturated heterocycles. The lowest BCUT2D eigenvalue weighted by molar-refractivity contribution is -0.149. The van der Waals surface area contributed by atoms with Gasteiger partial charge in [0.2, 0.25) is 0 Å². The highest BCUT2D eigenvalue weighted by molar-refractivity contribution is 5.79. The van der Waals surface area contributed by atoms with Crippen molar-refractivity contribution >= 4 is 5.97 Å². The normalized spacial score (nSPS) is 33.6. The van der Waals surface area contributed by atoms with Crippen molar-refractivity contribution < 1.29 is 15.0 Å². The molecule has 94 valence electrons. The number of β-amino-alcohol motifs (C(OH)–C–C–N with tert-alkyl or cyclic N) is 1. The maximum absolute atomic E-state index is 11.5. The van der Waals surface area contributed by atoms with Crippen LogP contribution in [0.2, 0.25) is 0 Å². The van der Waals surface area contributed by atoms with Gasteiger partial charge in [0.15, 0.2) is 0 Å². The Hall–Kier alpha value is -0.610. The molecule has 1 aliphatic rings. The molecule has 2 unspecified atom stereocenters. The van der Waals surface area contributed by atoms with Crippen molar-refractivity contribution in [3.8, 4) is 0 Å². The summed E-state index contributed by atoms with van der Waals surface area (Å²) in [5, 5.41) is 21.3. The predicted octanol–water partition coefficient (Wildman–Crippen LogP) is 1.24. The highest BCUT2D eigenvalue weighted by Crippen LogP contribution is 2.43. The Morgan fingerprint density at radius 1 is 1.44 bits per heavy atom. The molecule has 1 fully saturated rings. The van der Waals surface area contributed by atoms with Gasteiger partial charge in [-0.1, -0.05) is 20.8 Å². The second-order valence-corrected chi connectivity index (χ2v) is 5.89. The van der Waals surface area contributed by atoms with Crippen LogP contribution >= 0.6 is 0 Å². The number of aliphatic carboxylic acids is 1. The van der Waals surface area contributed by atoms with Crippen molar-refractivity contribution in [3.05, 3.63) is 0 Å². The fourth-order valence-electron chi connectivity index (χ4n) is 3.24. The number of aliphatic hydroxyl groups excluding tert-OH is 1. The minimum absolute atomic E-state index is 0.0240. The van der Waals surface area contributed by atoms with Crippen LogP contribution in [0, 0.1) is 11.3 Å². The van der Waals surface area contributed by atoms with Gasteiger partial charge >= 0.3 is 5.97 Å². The van der Waals surface area contributed by atoms with Crippen LogP contribution in [0.3, 0.4) is 0 Å². The Labute approximate surface area is 97.0 Å². The molecule has 4 nitrogen and oxygen atoms in total. The van der Waals surface area contributed by atoms with Gasteiger partial charge in [-0.2, -0.15) is 0 Å². The first-order chi connectivity index (χ1) is 7.31. The van der Waals surface area contributed by atoms with Crippen molar-refractivity contribution in [3.63, 3.8) is 0 Å². The van der Waals surface area contributed by atoms with Crippen LogP contribution in [0.25, 0.3) is 0 Å². The van der Waals surface area contributed by atoms with Crippen LogP contribution in [-0.2, 0) is 4.79 Å². The molecule has 16 heavy (non-hydrogen) atoms. The summed E-state index contributed by atoms with van der Waals surface area (Å²) < 4.78 is 0. The Morgan fingerprint density at radius 2 is 2.06 bits per heavy atom. The maximum Gasteiger partial charge on any atom is 0.323 e. The molecule has 0 radical (unpaired) electrons. The third-order valence-corrected chi connectivity index (χ3v) is 3.36. The monoisotopic (exact) mass is 229 g/mol. The summed E-state index contributed by atoms with van der Waals surface area (Å²) in [7, 11) is 0. The molecule has 0 bridgehead atoms. The zero-order valence-corrected chi connectivity index (χ0v) is 10.4. The number of carbonyl (C=O) groups is 1. The molecule has 1 rings (SSSR count). The minimum Gasteiger partial charge on any atom is -0.480 e. The lowest BCUT2D eigenvalue weighted by Gasteiger charge is -2.45. The van der Waals surface area contributed by atoms with Crippen LogP contribution in [0.5, 0.6) is 0 Å². The average Bonchev–Trinajstić information content (AvgIpc) is 2.11. The molecule has 0 aliphatic heterocycles. The summed E-state index contributed by atoms with van der Waals surface area (Å²) in [6.07, 6.45) is 2.33. The van der Waals surface area contributed by atoms with Crippen molar-refractivity contribution in [2.45, 2.75) is 45.6 Å². The number of nitrogens with one attached hydrogen (secondary N) is 1. The van der Waals surface area contributed by atoms with Crippen LogP contribution in [0.15, 0.2) is 0 Å². The molecule has 0 amide bonds. The maximum atomic E-state index is 11.5. The number of aliphatic hydroxyl groups is 1. The van der Waals surface area contributed by atoms with Gasteiger partial charge in [0.1, 0.15) is 5.54 Å². The average molecular weight is 229 g/mol.